The number of nitrogens with two attached hydrogens (primary N) is 1. The van der Waals surface area contributed by atoms with Gasteiger partial charge in [-0.1, -0.05) is 54.4 Å². The van der Waals surface area contributed by atoms with Gasteiger partial charge in [-0.3, -0.25) is 0 Å². The van der Waals surface area contributed by atoms with Crippen LogP contribution < -0.4 is 5.73 Å². The lowest BCUT2D eigenvalue weighted by molar-refractivity contribution is 0.632. The van der Waals surface area contributed by atoms with Crippen molar-refractivity contribution in [2.24, 2.45) is 5.73 Å². The van der Waals surface area contributed by atoms with Crippen molar-refractivity contribution in [2.75, 3.05) is 0 Å². The van der Waals surface area contributed by atoms with Crippen molar-refractivity contribution in [1.82, 2.24) is 0 Å². The quantitative estimate of drug-likeness (QED) is 0.689. The maximum Gasteiger partial charge on any atom is 0.0543 e. The van der Waals surface area contributed by atoms with Crippen LogP contribution in [-0.4, -0.2) is 6.04 Å². The van der Waals surface area contributed by atoms with Gasteiger partial charge in [0.1, 0.15) is 0 Å². The predicted octanol–water partition coefficient (Wildman–Crippen LogP) is 5.87. The molecule has 0 aliphatic rings. The van der Waals surface area contributed by atoms with Crippen LogP contribution in [0.15, 0.2) is 47.4 Å². The molecule has 2 atom stereocenters. The first kappa shape index (κ1) is 16.7. The van der Waals surface area contributed by atoms with E-state index in [1.165, 1.54) is 11.1 Å². The van der Waals surface area contributed by atoms with Crippen molar-refractivity contribution in [2.45, 2.75) is 36.5 Å². The summed E-state index contributed by atoms with van der Waals surface area (Å²) in [6, 6.07) is 14.0. The van der Waals surface area contributed by atoms with Crippen LogP contribution in [0.3, 0.4) is 0 Å². The van der Waals surface area contributed by atoms with Gasteiger partial charge in [-0.15, -0.1) is 11.8 Å². The minimum Gasteiger partial charge on any atom is -0.326 e. The van der Waals surface area contributed by atoms with Crippen molar-refractivity contribution >= 4 is 35.0 Å². The molecule has 0 bridgehead atoms. The summed E-state index contributed by atoms with van der Waals surface area (Å²) >= 11 is 14.1. The van der Waals surface area contributed by atoms with Gasteiger partial charge in [-0.25, -0.2) is 0 Å². The van der Waals surface area contributed by atoms with Gasteiger partial charge < -0.3 is 5.73 Å². The summed E-state index contributed by atoms with van der Waals surface area (Å²) in [4.78, 5) is 0.973. The number of rotatable bonds is 5. The van der Waals surface area contributed by atoms with Gasteiger partial charge in [0, 0.05) is 21.2 Å². The van der Waals surface area contributed by atoms with Crippen molar-refractivity contribution in [3.05, 3.63) is 63.6 Å². The summed E-state index contributed by atoms with van der Waals surface area (Å²) in [6.07, 6.45) is 0.907. The first-order valence-corrected chi connectivity index (χ1v) is 8.59. The fourth-order valence-corrected chi connectivity index (χ4v) is 4.10. The zero-order valence-corrected chi connectivity index (χ0v) is 14.5. The van der Waals surface area contributed by atoms with E-state index in [2.05, 4.69) is 32.0 Å². The van der Waals surface area contributed by atoms with Gasteiger partial charge in [0.25, 0.3) is 0 Å². The van der Waals surface area contributed by atoms with Crippen LogP contribution in [0.2, 0.25) is 10.0 Å². The fraction of sp³-hybridized carbons (Fsp3) is 0.294. The average molecular weight is 340 g/mol. The molecule has 0 saturated heterocycles. The Morgan fingerprint density at radius 3 is 2.52 bits per heavy atom. The Balaban J connectivity index is 2.38. The molecule has 0 aromatic heterocycles. The lowest BCUT2D eigenvalue weighted by Crippen LogP contribution is -2.26. The molecule has 0 heterocycles. The molecule has 0 aliphatic heterocycles. The van der Waals surface area contributed by atoms with Crippen LogP contribution in [0.25, 0.3) is 0 Å². The lowest BCUT2D eigenvalue weighted by Gasteiger charge is -2.25. The molecule has 1 nitrogen and oxygen atoms in total. The molecule has 112 valence electrons. The first-order valence-electron chi connectivity index (χ1n) is 6.95. The summed E-state index contributed by atoms with van der Waals surface area (Å²) in [6.45, 7) is 4.22. The second kappa shape index (κ2) is 7.55. The molecule has 2 aromatic carbocycles. The SMILES string of the molecule is CCC(N)C(Sc1cc(Cl)ccc1Cl)c1ccccc1C. The Hall–Kier alpha value is -0.670. The number of hydrogen-bond acceptors (Lipinski definition) is 2. The van der Waals surface area contributed by atoms with Crippen LogP contribution in [0, 0.1) is 6.92 Å². The molecule has 2 aromatic rings. The zero-order chi connectivity index (χ0) is 15.4. The summed E-state index contributed by atoms with van der Waals surface area (Å²) in [5.74, 6) is 0. The van der Waals surface area contributed by atoms with Crippen LogP contribution in [-0.2, 0) is 0 Å². The predicted molar refractivity (Wildman–Crippen MR) is 94.5 cm³/mol. The molecule has 2 unspecified atom stereocenters. The van der Waals surface area contributed by atoms with Crippen LogP contribution in [0.1, 0.15) is 29.7 Å². The van der Waals surface area contributed by atoms with Crippen molar-refractivity contribution in [3.63, 3.8) is 0 Å². The largest absolute Gasteiger partial charge is 0.326 e. The van der Waals surface area contributed by atoms with E-state index < -0.39 is 0 Å². The molecule has 4 heteroatoms. The smallest absolute Gasteiger partial charge is 0.0543 e. The molecular formula is C17H19Cl2NS. The van der Waals surface area contributed by atoms with E-state index in [0.29, 0.717) is 10.0 Å². The first-order chi connectivity index (χ1) is 10.0. The number of aryl methyl sites for hydroxylation is 1. The van der Waals surface area contributed by atoms with Gasteiger partial charge >= 0.3 is 0 Å². The third-order valence-corrected chi connectivity index (χ3v) is 5.63. The van der Waals surface area contributed by atoms with E-state index in [1.807, 2.05) is 18.2 Å². The minimum atomic E-state index is 0.0612. The maximum absolute atomic E-state index is 6.36. The van der Waals surface area contributed by atoms with E-state index in [-0.39, 0.29) is 11.3 Å². The Morgan fingerprint density at radius 1 is 1.14 bits per heavy atom. The summed E-state index contributed by atoms with van der Waals surface area (Å²) in [7, 11) is 0. The van der Waals surface area contributed by atoms with Crippen LogP contribution >= 0.6 is 35.0 Å². The van der Waals surface area contributed by atoms with Gasteiger partial charge in [0.15, 0.2) is 0 Å². The summed E-state index contributed by atoms with van der Waals surface area (Å²) in [5, 5.41) is 1.56. The number of thioether (sulfide) groups is 1. The highest BCUT2D eigenvalue weighted by Crippen LogP contribution is 2.42. The monoisotopic (exact) mass is 339 g/mol. The van der Waals surface area contributed by atoms with E-state index >= 15 is 0 Å². The molecule has 2 N–H and O–H groups in total. The zero-order valence-electron chi connectivity index (χ0n) is 12.1. The normalized spacial score (nSPS) is 14.0. The molecule has 0 amide bonds. The Morgan fingerprint density at radius 2 is 1.86 bits per heavy atom. The minimum absolute atomic E-state index is 0.0612. The summed E-state index contributed by atoms with van der Waals surface area (Å²) < 4.78 is 0. The second-order valence-corrected chi connectivity index (χ2v) is 7.07. The molecule has 0 spiro atoms. The molecule has 0 saturated carbocycles. The Kier molecular flexibility index (Phi) is 6.00. The van der Waals surface area contributed by atoms with Crippen LogP contribution in [0.5, 0.6) is 0 Å². The van der Waals surface area contributed by atoms with E-state index in [4.69, 9.17) is 28.9 Å². The van der Waals surface area contributed by atoms with Gasteiger partial charge in [-0.05, 0) is 42.7 Å². The van der Waals surface area contributed by atoms with Gasteiger partial charge in [0.2, 0.25) is 0 Å². The van der Waals surface area contributed by atoms with Crippen molar-refractivity contribution in [1.29, 1.82) is 0 Å². The van der Waals surface area contributed by atoms with Gasteiger partial charge in [-0.2, -0.15) is 0 Å². The average Bonchev–Trinajstić information content (AvgIpc) is 2.48. The number of halogens is 2. The van der Waals surface area contributed by atoms with E-state index in [0.717, 1.165) is 11.3 Å². The molecule has 0 fully saturated rings. The number of benzene rings is 2. The highest BCUT2D eigenvalue weighted by molar-refractivity contribution is 7.99. The van der Waals surface area contributed by atoms with E-state index in [9.17, 15) is 0 Å². The third kappa shape index (κ3) is 4.17. The molecule has 2 rings (SSSR count). The topological polar surface area (TPSA) is 26.0 Å². The Bertz CT molecular complexity index is 615. The standard InChI is InChI=1S/C17H19Cl2NS/c1-3-15(20)17(13-7-5-4-6-11(13)2)21-16-10-12(18)8-9-14(16)19/h4-10,15,17H,3,20H2,1-2H3. The maximum atomic E-state index is 6.36. The molecule has 0 radical (unpaired) electrons. The van der Waals surface area contributed by atoms with Crippen molar-refractivity contribution in [3.8, 4) is 0 Å². The molecular weight excluding hydrogens is 321 g/mol. The number of hydrogen-bond donors (Lipinski definition) is 1. The van der Waals surface area contributed by atoms with Crippen LogP contribution in [0.4, 0.5) is 0 Å². The highest BCUT2D eigenvalue weighted by Gasteiger charge is 2.22. The second-order valence-electron chi connectivity index (χ2n) is 5.04. The summed E-state index contributed by atoms with van der Waals surface area (Å²) in [5.41, 5.74) is 8.86. The third-order valence-electron chi connectivity index (χ3n) is 3.50. The lowest BCUT2D eigenvalue weighted by atomic mass is 10.00. The van der Waals surface area contributed by atoms with E-state index in [1.54, 1.807) is 17.8 Å². The van der Waals surface area contributed by atoms with Crippen molar-refractivity contribution < 1.29 is 0 Å². The Labute approximate surface area is 140 Å². The highest BCUT2D eigenvalue weighted by atomic mass is 35.5. The fourth-order valence-electron chi connectivity index (χ4n) is 2.21. The molecule has 0 aliphatic carbocycles. The molecule has 21 heavy (non-hydrogen) atoms. The van der Waals surface area contributed by atoms with Gasteiger partial charge in [0.05, 0.1) is 5.02 Å².